The highest BCUT2D eigenvalue weighted by molar-refractivity contribution is 5.48. The highest BCUT2D eigenvalue weighted by atomic mass is 16.6. The number of nitro groups is 1. The molecule has 0 aromatic heterocycles. The van der Waals surface area contributed by atoms with Crippen LogP contribution in [0.2, 0.25) is 0 Å². The van der Waals surface area contributed by atoms with Crippen molar-refractivity contribution in [2.24, 2.45) is 5.92 Å². The maximum Gasteiger partial charge on any atom is 0.310 e. The molecule has 0 fully saturated rings. The van der Waals surface area contributed by atoms with Crippen LogP contribution in [0.4, 0.5) is 5.69 Å². The lowest BCUT2D eigenvalue weighted by molar-refractivity contribution is -0.385. The fourth-order valence-electron chi connectivity index (χ4n) is 1.59. The van der Waals surface area contributed by atoms with Gasteiger partial charge in [-0.3, -0.25) is 10.1 Å². The molecule has 118 valence electrons. The molecule has 0 spiro atoms. The van der Waals surface area contributed by atoms with E-state index in [0.717, 1.165) is 5.56 Å². The Kier molecular flexibility index (Phi) is 6.11. The summed E-state index contributed by atoms with van der Waals surface area (Å²) in [7, 11) is 0. The van der Waals surface area contributed by atoms with Crippen LogP contribution >= 0.6 is 0 Å². The molecule has 1 atom stereocenters. The van der Waals surface area contributed by atoms with Crippen LogP contribution in [0, 0.1) is 16.0 Å². The van der Waals surface area contributed by atoms with Gasteiger partial charge in [0, 0.05) is 30.7 Å². The van der Waals surface area contributed by atoms with Crippen molar-refractivity contribution in [1.82, 2.24) is 5.32 Å². The van der Waals surface area contributed by atoms with Gasteiger partial charge >= 0.3 is 5.69 Å². The smallest absolute Gasteiger partial charge is 0.310 e. The molecular weight excluding hydrogens is 272 g/mol. The van der Waals surface area contributed by atoms with Crippen molar-refractivity contribution in [1.29, 1.82) is 0 Å². The van der Waals surface area contributed by atoms with Gasteiger partial charge < -0.3 is 15.2 Å². The SMILES string of the molecule is CC(CO)COc1cc(CNC(C)(C)C)ccc1[N+](=O)[O-]. The van der Waals surface area contributed by atoms with E-state index in [4.69, 9.17) is 9.84 Å². The summed E-state index contributed by atoms with van der Waals surface area (Å²) >= 11 is 0. The van der Waals surface area contributed by atoms with Crippen molar-refractivity contribution < 1.29 is 14.8 Å². The summed E-state index contributed by atoms with van der Waals surface area (Å²) in [5.41, 5.74) is 0.829. The van der Waals surface area contributed by atoms with Gasteiger partial charge in [-0.15, -0.1) is 0 Å². The molecule has 0 amide bonds. The molecular formula is C15H24N2O4. The number of ether oxygens (including phenoxy) is 1. The zero-order valence-corrected chi connectivity index (χ0v) is 13.0. The lowest BCUT2D eigenvalue weighted by Crippen LogP contribution is -2.35. The van der Waals surface area contributed by atoms with E-state index in [-0.39, 0.29) is 36.1 Å². The lowest BCUT2D eigenvalue weighted by atomic mass is 10.1. The molecule has 1 aromatic rings. The number of benzene rings is 1. The van der Waals surface area contributed by atoms with Gasteiger partial charge in [-0.05, 0) is 32.4 Å². The highest BCUT2D eigenvalue weighted by Crippen LogP contribution is 2.28. The number of aliphatic hydroxyl groups is 1. The molecule has 0 aliphatic heterocycles. The average Bonchev–Trinajstić information content (AvgIpc) is 2.41. The van der Waals surface area contributed by atoms with Crippen molar-refractivity contribution in [3.8, 4) is 5.75 Å². The summed E-state index contributed by atoms with van der Waals surface area (Å²) in [5.74, 6) is 0.175. The third-order valence-corrected chi connectivity index (χ3v) is 2.88. The van der Waals surface area contributed by atoms with E-state index in [2.05, 4.69) is 26.1 Å². The Morgan fingerprint density at radius 2 is 2.10 bits per heavy atom. The number of nitrogens with zero attached hydrogens (tertiary/aromatic N) is 1. The normalized spacial score (nSPS) is 13.0. The van der Waals surface area contributed by atoms with Gasteiger partial charge in [0.15, 0.2) is 5.75 Å². The Morgan fingerprint density at radius 3 is 2.62 bits per heavy atom. The van der Waals surface area contributed by atoms with Gasteiger partial charge in [0.1, 0.15) is 0 Å². The predicted molar refractivity (Wildman–Crippen MR) is 81.4 cm³/mol. The van der Waals surface area contributed by atoms with E-state index in [9.17, 15) is 10.1 Å². The molecule has 0 aliphatic carbocycles. The minimum Gasteiger partial charge on any atom is -0.486 e. The van der Waals surface area contributed by atoms with Gasteiger partial charge in [0.05, 0.1) is 11.5 Å². The van der Waals surface area contributed by atoms with Crippen molar-refractivity contribution in [3.05, 3.63) is 33.9 Å². The molecule has 0 saturated carbocycles. The standard InChI is InChI=1S/C15H24N2O4/c1-11(9-18)10-21-14-7-12(8-16-15(2,3)4)5-6-13(14)17(19)20/h5-7,11,16,18H,8-10H2,1-4H3. The summed E-state index contributed by atoms with van der Waals surface area (Å²) in [6.45, 7) is 8.81. The van der Waals surface area contributed by atoms with Gasteiger partial charge in [-0.1, -0.05) is 13.0 Å². The van der Waals surface area contributed by atoms with Crippen LogP contribution in [-0.2, 0) is 6.54 Å². The number of nitrogens with one attached hydrogen (secondary N) is 1. The molecule has 0 bridgehead atoms. The summed E-state index contributed by atoms with van der Waals surface area (Å²) < 4.78 is 5.49. The van der Waals surface area contributed by atoms with Crippen LogP contribution in [0.5, 0.6) is 5.75 Å². The summed E-state index contributed by atoms with van der Waals surface area (Å²) in [6.07, 6.45) is 0. The summed E-state index contributed by atoms with van der Waals surface area (Å²) in [6, 6.07) is 4.86. The molecule has 1 rings (SSSR count). The number of hydrogen-bond donors (Lipinski definition) is 2. The quantitative estimate of drug-likeness (QED) is 0.596. The zero-order chi connectivity index (χ0) is 16.0. The van der Waals surface area contributed by atoms with Crippen molar-refractivity contribution >= 4 is 5.69 Å². The lowest BCUT2D eigenvalue weighted by Gasteiger charge is -2.20. The van der Waals surface area contributed by atoms with E-state index in [1.165, 1.54) is 6.07 Å². The fraction of sp³-hybridized carbons (Fsp3) is 0.600. The van der Waals surface area contributed by atoms with Crippen LogP contribution in [-0.4, -0.2) is 28.8 Å². The van der Waals surface area contributed by atoms with E-state index >= 15 is 0 Å². The minimum absolute atomic E-state index is 0.0148. The molecule has 0 heterocycles. The maximum atomic E-state index is 11.0. The van der Waals surface area contributed by atoms with Crippen LogP contribution in [0.25, 0.3) is 0 Å². The molecule has 2 N–H and O–H groups in total. The maximum absolute atomic E-state index is 11.0. The number of aliphatic hydroxyl groups excluding tert-OH is 1. The first-order valence-corrected chi connectivity index (χ1v) is 6.99. The van der Waals surface area contributed by atoms with Crippen LogP contribution < -0.4 is 10.1 Å². The van der Waals surface area contributed by atoms with Crippen molar-refractivity contribution in [3.63, 3.8) is 0 Å². The molecule has 0 radical (unpaired) electrons. The second kappa shape index (κ2) is 7.38. The van der Waals surface area contributed by atoms with Gasteiger partial charge in [-0.25, -0.2) is 0 Å². The Labute approximate surface area is 125 Å². The monoisotopic (exact) mass is 296 g/mol. The van der Waals surface area contributed by atoms with Gasteiger partial charge in [0.25, 0.3) is 0 Å². The minimum atomic E-state index is -0.458. The molecule has 0 saturated heterocycles. The third-order valence-electron chi connectivity index (χ3n) is 2.88. The molecule has 21 heavy (non-hydrogen) atoms. The van der Waals surface area contributed by atoms with Gasteiger partial charge in [0.2, 0.25) is 0 Å². The molecule has 1 unspecified atom stereocenters. The molecule has 0 aliphatic rings. The molecule has 6 nitrogen and oxygen atoms in total. The summed E-state index contributed by atoms with van der Waals surface area (Å²) in [5, 5.41) is 23.3. The molecule has 1 aromatic carbocycles. The number of hydrogen-bond acceptors (Lipinski definition) is 5. The second-order valence-corrected chi connectivity index (χ2v) is 6.26. The van der Waals surface area contributed by atoms with E-state index < -0.39 is 4.92 Å². The Morgan fingerprint density at radius 1 is 1.43 bits per heavy atom. The van der Waals surface area contributed by atoms with Crippen LogP contribution in [0.1, 0.15) is 33.3 Å². The topological polar surface area (TPSA) is 84.6 Å². The van der Waals surface area contributed by atoms with Crippen molar-refractivity contribution in [2.45, 2.75) is 39.8 Å². The van der Waals surface area contributed by atoms with Gasteiger partial charge in [-0.2, -0.15) is 0 Å². The largest absolute Gasteiger partial charge is 0.486 e. The Bertz CT molecular complexity index is 483. The van der Waals surface area contributed by atoms with Crippen molar-refractivity contribution in [2.75, 3.05) is 13.2 Å². The fourth-order valence-corrected chi connectivity index (χ4v) is 1.59. The van der Waals surface area contributed by atoms with Crippen LogP contribution in [0.15, 0.2) is 18.2 Å². The zero-order valence-electron chi connectivity index (χ0n) is 13.0. The first kappa shape index (κ1) is 17.4. The molecule has 6 heteroatoms. The third kappa shape index (κ3) is 6.10. The van der Waals surface area contributed by atoms with E-state index in [1.54, 1.807) is 12.1 Å². The predicted octanol–water partition coefficient (Wildman–Crippen LogP) is 2.49. The number of rotatable bonds is 7. The first-order chi connectivity index (χ1) is 9.73. The number of nitro benzene ring substituents is 1. The van der Waals surface area contributed by atoms with E-state index in [1.807, 2.05) is 6.92 Å². The van der Waals surface area contributed by atoms with E-state index in [0.29, 0.717) is 6.54 Å². The first-order valence-electron chi connectivity index (χ1n) is 6.99. The average molecular weight is 296 g/mol. The Balaban J connectivity index is 2.87. The summed E-state index contributed by atoms with van der Waals surface area (Å²) in [4.78, 5) is 10.6. The highest BCUT2D eigenvalue weighted by Gasteiger charge is 2.17. The Hall–Kier alpha value is -1.66. The second-order valence-electron chi connectivity index (χ2n) is 6.26. The van der Waals surface area contributed by atoms with Crippen LogP contribution in [0.3, 0.4) is 0 Å².